The van der Waals surface area contributed by atoms with Crippen molar-refractivity contribution in [3.63, 3.8) is 0 Å². The number of hydrogen-bond acceptors (Lipinski definition) is 5. The van der Waals surface area contributed by atoms with Crippen molar-refractivity contribution >= 4 is 17.7 Å². The van der Waals surface area contributed by atoms with E-state index in [2.05, 4.69) is 31.4 Å². The van der Waals surface area contributed by atoms with Crippen LogP contribution in [-0.2, 0) is 5.41 Å². The van der Waals surface area contributed by atoms with Gasteiger partial charge in [0.25, 0.3) is 5.91 Å². The molecule has 8 nitrogen and oxygen atoms in total. The van der Waals surface area contributed by atoms with Crippen LogP contribution < -0.4 is 15.5 Å². The van der Waals surface area contributed by atoms with Crippen molar-refractivity contribution < 1.29 is 19.1 Å². The Morgan fingerprint density at radius 1 is 0.953 bits per heavy atom. The molecule has 0 radical (unpaired) electrons. The van der Waals surface area contributed by atoms with E-state index in [1.165, 1.54) is 12.5 Å². The fourth-order valence-electron chi connectivity index (χ4n) is 8.55. The summed E-state index contributed by atoms with van der Waals surface area (Å²) in [5.74, 6) is 0.857. The zero-order valence-electron chi connectivity index (χ0n) is 25.3. The molecule has 1 aliphatic carbocycles. The number of nitrogens with zero attached hydrogens (tertiary/aromatic N) is 3. The highest BCUT2D eigenvalue weighted by atomic mass is 19.1. The van der Waals surface area contributed by atoms with Crippen LogP contribution in [0.1, 0.15) is 54.4 Å². The summed E-state index contributed by atoms with van der Waals surface area (Å²) in [4.78, 5) is 31.2. The van der Waals surface area contributed by atoms with Gasteiger partial charge in [0, 0.05) is 61.9 Å². The minimum absolute atomic E-state index is 0.0654. The largest absolute Gasteiger partial charge is 0.465 e. The summed E-state index contributed by atoms with van der Waals surface area (Å²) in [7, 11) is 1.65. The zero-order chi connectivity index (χ0) is 30.0. The predicted octanol–water partition coefficient (Wildman–Crippen LogP) is 4.41. The third-order valence-corrected chi connectivity index (χ3v) is 10.8. The van der Waals surface area contributed by atoms with Crippen LogP contribution in [0.4, 0.5) is 14.9 Å². The van der Waals surface area contributed by atoms with Crippen LogP contribution in [0.3, 0.4) is 0 Å². The van der Waals surface area contributed by atoms with Gasteiger partial charge >= 0.3 is 6.09 Å². The lowest BCUT2D eigenvalue weighted by Crippen LogP contribution is -2.60. The van der Waals surface area contributed by atoms with Crippen molar-refractivity contribution in [2.75, 3.05) is 64.3 Å². The predicted molar refractivity (Wildman–Crippen MR) is 166 cm³/mol. The molecule has 4 fully saturated rings. The second-order valence-electron chi connectivity index (χ2n) is 13.2. The number of piperidine rings is 1. The molecule has 3 saturated heterocycles. The Bertz CT molecular complexity index is 1270. The molecule has 0 spiro atoms. The van der Waals surface area contributed by atoms with Gasteiger partial charge in [0.2, 0.25) is 0 Å². The molecule has 2 amide bonds. The summed E-state index contributed by atoms with van der Waals surface area (Å²) < 4.78 is 14.8. The van der Waals surface area contributed by atoms with Crippen LogP contribution in [0.25, 0.3) is 0 Å². The highest BCUT2D eigenvalue weighted by Crippen LogP contribution is 2.51. The number of carboxylic acid groups (broad SMARTS) is 1. The van der Waals surface area contributed by atoms with E-state index in [-0.39, 0.29) is 29.1 Å². The highest BCUT2D eigenvalue weighted by molar-refractivity contribution is 5.94. The van der Waals surface area contributed by atoms with Crippen molar-refractivity contribution in [3.8, 4) is 0 Å². The molecule has 0 bridgehead atoms. The second-order valence-corrected chi connectivity index (χ2v) is 13.2. The molecule has 1 saturated carbocycles. The normalized spacial score (nSPS) is 25.0. The Balaban J connectivity index is 1.14. The first-order valence-corrected chi connectivity index (χ1v) is 16.1. The minimum atomic E-state index is -0.958. The number of carbonyl (C=O) groups excluding carboxylic acids is 1. The number of amides is 2. The third-order valence-electron chi connectivity index (χ3n) is 10.8. The van der Waals surface area contributed by atoms with Gasteiger partial charge in [0.15, 0.2) is 0 Å². The van der Waals surface area contributed by atoms with E-state index in [0.29, 0.717) is 17.4 Å². The van der Waals surface area contributed by atoms with E-state index in [1.807, 2.05) is 30.3 Å². The summed E-state index contributed by atoms with van der Waals surface area (Å²) in [5.41, 5.74) is 2.61. The van der Waals surface area contributed by atoms with Gasteiger partial charge in [-0.3, -0.25) is 4.79 Å². The average molecular weight is 592 g/mol. The summed E-state index contributed by atoms with van der Waals surface area (Å²) in [6.45, 7) is 8.15. The van der Waals surface area contributed by atoms with E-state index < -0.39 is 6.09 Å². The number of hydrogen-bond donors (Lipinski definition) is 3. The molecule has 43 heavy (non-hydrogen) atoms. The topological polar surface area (TPSA) is 88.2 Å². The number of nitrogens with one attached hydrogen (secondary N) is 2. The molecule has 6 rings (SSSR count). The van der Waals surface area contributed by atoms with Crippen LogP contribution in [0.5, 0.6) is 0 Å². The van der Waals surface area contributed by atoms with E-state index in [0.717, 1.165) is 95.7 Å². The minimum Gasteiger partial charge on any atom is -0.465 e. The molecule has 3 aliphatic heterocycles. The van der Waals surface area contributed by atoms with E-state index in [9.17, 15) is 19.1 Å². The number of rotatable bonds is 10. The van der Waals surface area contributed by atoms with Crippen LogP contribution in [0.2, 0.25) is 0 Å². The van der Waals surface area contributed by atoms with Crippen molar-refractivity contribution in [1.82, 2.24) is 20.4 Å². The average Bonchev–Trinajstić information content (AvgIpc) is 3.42. The first-order chi connectivity index (χ1) is 20.9. The van der Waals surface area contributed by atoms with Crippen molar-refractivity contribution in [2.45, 2.75) is 50.0 Å². The molecule has 232 valence electrons. The van der Waals surface area contributed by atoms with Gasteiger partial charge in [-0.05, 0) is 112 Å². The van der Waals surface area contributed by atoms with Crippen LogP contribution in [-0.4, -0.2) is 92.4 Å². The molecule has 3 atom stereocenters. The monoisotopic (exact) mass is 591 g/mol. The van der Waals surface area contributed by atoms with Gasteiger partial charge in [-0.1, -0.05) is 18.6 Å². The molecule has 0 unspecified atom stereocenters. The molecular formula is C34H46FN5O3. The molecule has 3 heterocycles. The van der Waals surface area contributed by atoms with Crippen molar-refractivity contribution in [3.05, 3.63) is 65.5 Å². The van der Waals surface area contributed by atoms with E-state index in [4.69, 9.17) is 0 Å². The molecular weight excluding hydrogens is 545 g/mol. The van der Waals surface area contributed by atoms with Crippen molar-refractivity contribution in [2.24, 2.45) is 17.8 Å². The Morgan fingerprint density at radius 3 is 2.33 bits per heavy atom. The molecule has 2 aromatic rings. The Hall–Kier alpha value is -3.17. The molecule has 9 heteroatoms. The first-order valence-electron chi connectivity index (χ1n) is 16.1. The SMILES string of the molecule is CNC(=O)c1ccc(N2CC(CN3CCC([C@@](CN4CCC4)(c4cccc(F)c4)[C@H]4CCC[C@@H]4NC(=O)O)CC3)C2)cc1. The standard InChI is InChI=1S/C34H46FN5O3/c1-36-32(41)25-9-11-29(12-10-25)40-21-24(22-40)20-38-17-13-26(14-18-38)34(23-39-15-4-16-39,27-5-2-6-28(35)19-27)30-7-3-8-31(30)37-33(42)43/h2,5-6,9-12,19,24,26,30-31,37H,3-4,7-8,13-18,20-23H2,1H3,(H,36,41)(H,42,43)/t30-,31-,34-/m0/s1. The van der Waals surface area contributed by atoms with E-state index >= 15 is 0 Å². The lowest BCUT2D eigenvalue weighted by molar-refractivity contribution is 0.0226. The first kappa shape index (κ1) is 29.9. The number of likely N-dealkylation sites (tertiary alicyclic amines) is 2. The second kappa shape index (κ2) is 12.8. The summed E-state index contributed by atoms with van der Waals surface area (Å²) >= 11 is 0. The van der Waals surface area contributed by atoms with Gasteiger partial charge in [-0.25, -0.2) is 9.18 Å². The lowest BCUT2D eigenvalue weighted by atomic mass is 9.57. The number of benzene rings is 2. The fraction of sp³-hybridized carbons (Fsp3) is 0.588. The van der Waals surface area contributed by atoms with Gasteiger partial charge in [-0.2, -0.15) is 0 Å². The highest BCUT2D eigenvalue weighted by Gasteiger charge is 2.53. The van der Waals surface area contributed by atoms with E-state index in [1.54, 1.807) is 13.1 Å². The maximum absolute atomic E-state index is 14.8. The quantitative estimate of drug-likeness (QED) is 0.380. The number of anilines is 1. The van der Waals surface area contributed by atoms with Gasteiger partial charge in [0.05, 0.1) is 0 Å². The smallest absolute Gasteiger partial charge is 0.404 e. The maximum atomic E-state index is 14.8. The Kier molecular flexibility index (Phi) is 8.91. The molecule has 3 N–H and O–H groups in total. The molecule has 2 aromatic carbocycles. The summed E-state index contributed by atoms with van der Waals surface area (Å²) in [5, 5.41) is 15.2. The molecule has 4 aliphatic rings. The summed E-state index contributed by atoms with van der Waals surface area (Å²) in [6.07, 6.45) is 5.13. The maximum Gasteiger partial charge on any atom is 0.404 e. The summed E-state index contributed by atoms with van der Waals surface area (Å²) in [6, 6.07) is 15.0. The Morgan fingerprint density at radius 2 is 1.70 bits per heavy atom. The van der Waals surface area contributed by atoms with Gasteiger partial charge < -0.3 is 30.4 Å². The zero-order valence-corrected chi connectivity index (χ0v) is 25.3. The fourth-order valence-corrected chi connectivity index (χ4v) is 8.55. The van der Waals surface area contributed by atoms with Crippen LogP contribution in [0, 0.1) is 23.6 Å². The van der Waals surface area contributed by atoms with Gasteiger partial charge in [0.1, 0.15) is 5.82 Å². The third kappa shape index (κ3) is 6.25. The number of carbonyl (C=O) groups is 2. The Labute approximate surface area is 254 Å². The van der Waals surface area contributed by atoms with Gasteiger partial charge in [-0.15, -0.1) is 0 Å². The van der Waals surface area contributed by atoms with Crippen LogP contribution in [0.15, 0.2) is 48.5 Å². The van der Waals surface area contributed by atoms with Crippen LogP contribution >= 0.6 is 0 Å². The number of halogens is 1. The molecule has 0 aromatic heterocycles. The lowest BCUT2D eigenvalue weighted by Gasteiger charge is -2.54. The van der Waals surface area contributed by atoms with Crippen molar-refractivity contribution in [1.29, 1.82) is 0 Å².